The van der Waals surface area contributed by atoms with Crippen molar-refractivity contribution in [1.82, 2.24) is 4.90 Å². The summed E-state index contributed by atoms with van der Waals surface area (Å²) in [5.74, 6) is 0.00732. The Morgan fingerprint density at radius 2 is 2.37 bits per heavy atom. The van der Waals surface area contributed by atoms with Gasteiger partial charge in [-0.05, 0) is 26.1 Å². The Labute approximate surface area is 112 Å². The summed E-state index contributed by atoms with van der Waals surface area (Å²) in [6.07, 6.45) is -0.714. The van der Waals surface area contributed by atoms with Gasteiger partial charge in [0.15, 0.2) is 0 Å². The fraction of sp³-hybridized carbons (Fsp3) is 0.571. The third-order valence-electron chi connectivity index (χ3n) is 3.19. The van der Waals surface area contributed by atoms with Crippen molar-refractivity contribution in [2.24, 2.45) is 0 Å². The van der Waals surface area contributed by atoms with Gasteiger partial charge in [0.25, 0.3) is 0 Å². The standard InChI is InChI=1S/C14H20FNO3/c1-10(17)13-4-3-11(15)7-14(13)19-9-12-8-16(2)5-6-18-12/h3-4,7,10,12,17H,5-6,8-9H2,1-2H3/t10-,12?/m1/s1. The van der Waals surface area contributed by atoms with Crippen LogP contribution in [0.2, 0.25) is 0 Å². The van der Waals surface area contributed by atoms with E-state index in [1.807, 2.05) is 7.05 Å². The molecule has 1 N–H and O–H groups in total. The lowest BCUT2D eigenvalue weighted by Crippen LogP contribution is -2.42. The number of aliphatic hydroxyl groups is 1. The van der Waals surface area contributed by atoms with E-state index in [0.29, 0.717) is 24.5 Å². The molecule has 0 saturated carbocycles. The molecule has 4 nitrogen and oxygen atoms in total. The molecule has 0 amide bonds. The summed E-state index contributed by atoms with van der Waals surface area (Å²) in [7, 11) is 2.03. The van der Waals surface area contributed by atoms with Crippen molar-refractivity contribution in [3.8, 4) is 5.75 Å². The second-order valence-corrected chi connectivity index (χ2v) is 4.92. The lowest BCUT2D eigenvalue weighted by atomic mass is 10.1. The Morgan fingerprint density at radius 3 is 3.05 bits per heavy atom. The van der Waals surface area contributed by atoms with E-state index in [-0.39, 0.29) is 11.9 Å². The molecule has 0 bridgehead atoms. The number of likely N-dealkylation sites (N-methyl/N-ethyl adjacent to an activating group) is 1. The zero-order valence-corrected chi connectivity index (χ0v) is 11.3. The molecule has 2 rings (SSSR count). The van der Waals surface area contributed by atoms with Gasteiger partial charge in [0.2, 0.25) is 0 Å². The molecule has 5 heteroatoms. The summed E-state index contributed by atoms with van der Waals surface area (Å²) in [6, 6.07) is 4.16. The first-order chi connectivity index (χ1) is 9.06. The second-order valence-electron chi connectivity index (χ2n) is 4.92. The van der Waals surface area contributed by atoms with Crippen molar-refractivity contribution in [1.29, 1.82) is 0 Å². The maximum absolute atomic E-state index is 13.2. The molecule has 1 saturated heterocycles. The Balaban J connectivity index is 2.00. The van der Waals surface area contributed by atoms with E-state index in [2.05, 4.69) is 4.90 Å². The smallest absolute Gasteiger partial charge is 0.128 e. The van der Waals surface area contributed by atoms with Crippen LogP contribution < -0.4 is 4.74 Å². The average Bonchev–Trinajstić information content (AvgIpc) is 2.36. The normalized spacial score (nSPS) is 22.2. The highest BCUT2D eigenvalue weighted by Gasteiger charge is 2.19. The molecule has 1 aliphatic heterocycles. The second kappa shape index (κ2) is 6.32. The van der Waals surface area contributed by atoms with Gasteiger partial charge in [-0.15, -0.1) is 0 Å². The number of benzene rings is 1. The van der Waals surface area contributed by atoms with Gasteiger partial charge >= 0.3 is 0 Å². The van der Waals surface area contributed by atoms with Crippen LogP contribution in [0.1, 0.15) is 18.6 Å². The van der Waals surface area contributed by atoms with Gasteiger partial charge in [-0.2, -0.15) is 0 Å². The predicted octanol–water partition coefficient (Wildman–Crippen LogP) is 1.59. The highest BCUT2D eigenvalue weighted by Crippen LogP contribution is 2.26. The van der Waals surface area contributed by atoms with Crippen LogP contribution in [0, 0.1) is 5.82 Å². The highest BCUT2D eigenvalue weighted by atomic mass is 19.1. The minimum atomic E-state index is -0.689. The lowest BCUT2D eigenvalue weighted by Gasteiger charge is -2.30. The predicted molar refractivity (Wildman–Crippen MR) is 69.8 cm³/mol. The molecule has 1 aliphatic rings. The van der Waals surface area contributed by atoms with E-state index >= 15 is 0 Å². The summed E-state index contributed by atoms with van der Waals surface area (Å²) in [5, 5.41) is 9.63. The molecule has 0 aliphatic carbocycles. The van der Waals surface area contributed by atoms with Crippen molar-refractivity contribution < 1.29 is 19.0 Å². The van der Waals surface area contributed by atoms with Crippen molar-refractivity contribution in [3.63, 3.8) is 0 Å². The molecular formula is C14H20FNO3. The summed E-state index contributed by atoms with van der Waals surface area (Å²) >= 11 is 0. The maximum Gasteiger partial charge on any atom is 0.128 e. The van der Waals surface area contributed by atoms with E-state index < -0.39 is 6.10 Å². The first-order valence-electron chi connectivity index (χ1n) is 6.46. The fourth-order valence-corrected chi connectivity index (χ4v) is 2.13. The van der Waals surface area contributed by atoms with Crippen molar-refractivity contribution in [2.45, 2.75) is 19.1 Å². The SMILES string of the molecule is C[C@@H](O)c1ccc(F)cc1OCC1CN(C)CCO1. The highest BCUT2D eigenvalue weighted by molar-refractivity contribution is 5.35. The van der Waals surface area contributed by atoms with Gasteiger partial charge in [-0.1, -0.05) is 0 Å². The van der Waals surface area contributed by atoms with Gasteiger partial charge in [0, 0.05) is 24.7 Å². The molecule has 1 aromatic carbocycles. The van der Waals surface area contributed by atoms with Crippen LogP contribution in [0.5, 0.6) is 5.75 Å². The minimum Gasteiger partial charge on any atom is -0.490 e. The number of morpholine rings is 1. The average molecular weight is 269 g/mol. The van der Waals surface area contributed by atoms with E-state index in [9.17, 15) is 9.50 Å². The van der Waals surface area contributed by atoms with E-state index in [1.165, 1.54) is 12.1 Å². The number of halogens is 1. The van der Waals surface area contributed by atoms with Crippen LogP contribution in [0.4, 0.5) is 4.39 Å². The molecule has 106 valence electrons. The molecular weight excluding hydrogens is 249 g/mol. The molecule has 1 unspecified atom stereocenters. The topological polar surface area (TPSA) is 41.9 Å². The lowest BCUT2D eigenvalue weighted by molar-refractivity contribution is -0.0407. The van der Waals surface area contributed by atoms with E-state index in [4.69, 9.17) is 9.47 Å². The number of nitrogens with zero attached hydrogens (tertiary/aromatic N) is 1. The van der Waals surface area contributed by atoms with Gasteiger partial charge in [0.05, 0.1) is 12.7 Å². The molecule has 1 aromatic rings. The molecule has 0 spiro atoms. The van der Waals surface area contributed by atoms with E-state index in [0.717, 1.165) is 13.1 Å². The Hall–Kier alpha value is -1.17. The third-order valence-corrected chi connectivity index (χ3v) is 3.19. The third kappa shape index (κ3) is 3.89. The van der Waals surface area contributed by atoms with Crippen LogP contribution in [-0.4, -0.2) is 49.5 Å². The quantitative estimate of drug-likeness (QED) is 0.901. The maximum atomic E-state index is 13.2. The Kier molecular flexibility index (Phi) is 4.74. The van der Waals surface area contributed by atoms with Crippen LogP contribution in [0.15, 0.2) is 18.2 Å². The molecule has 2 atom stereocenters. The zero-order valence-electron chi connectivity index (χ0n) is 11.3. The molecule has 1 heterocycles. The van der Waals surface area contributed by atoms with Gasteiger partial charge in [0.1, 0.15) is 24.3 Å². The molecule has 0 aromatic heterocycles. The van der Waals surface area contributed by atoms with Crippen molar-refractivity contribution >= 4 is 0 Å². The van der Waals surface area contributed by atoms with Gasteiger partial charge < -0.3 is 19.5 Å². The van der Waals surface area contributed by atoms with Crippen molar-refractivity contribution in [2.75, 3.05) is 33.4 Å². The fourth-order valence-electron chi connectivity index (χ4n) is 2.13. The summed E-state index contributed by atoms with van der Waals surface area (Å²) < 4.78 is 24.4. The Morgan fingerprint density at radius 1 is 1.58 bits per heavy atom. The number of rotatable bonds is 4. The Bertz CT molecular complexity index is 425. The number of ether oxygens (including phenoxy) is 2. The monoisotopic (exact) mass is 269 g/mol. The molecule has 19 heavy (non-hydrogen) atoms. The molecule has 0 radical (unpaired) electrons. The van der Waals surface area contributed by atoms with Crippen LogP contribution in [0.3, 0.4) is 0 Å². The minimum absolute atomic E-state index is 0.0242. The van der Waals surface area contributed by atoms with E-state index in [1.54, 1.807) is 13.0 Å². The van der Waals surface area contributed by atoms with Crippen molar-refractivity contribution in [3.05, 3.63) is 29.6 Å². The molecule has 1 fully saturated rings. The summed E-state index contributed by atoms with van der Waals surface area (Å²) in [6.45, 7) is 4.37. The van der Waals surface area contributed by atoms with Gasteiger partial charge in [-0.25, -0.2) is 4.39 Å². The summed E-state index contributed by atoms with van der Waals surface area (Å²) in [4.78, 5) is 2.17. The van der Waals surface area contributed by atoms with Gasteiger partial charge in [-0.3, -0.25) is 0 Å². The number of aliphatic hydroxyl groups excluding tert-OH is 1. The largest absolute Gasteiger partial charge is 0.490 e. The first-order valence-corrected chi connectivity index (χ1v) is 6.46. The zero-order chi connectivity index (χ0) is 13.8. The first kappa shape index (κ1) is 14.2. The summed E-state index contributed by atoms with van der Waals surface area (Å²) in [5.41, 5.74) is 0.588. The number of hydrogen-bond donors (Lipinski definition) is 1. The van der Waals surface area contributed by atoms with Crippen LogP contribution in [0.25, 0.3) is 0 Å². The van der Waals surface area contributed by atoms with Crippen LogP contribution >= 0.6 is 0 Å². The number of hydrogen-bond acceptors (Lipinski definition) is 4. The van der Waals surface area contributed by atoms with Crippen LogP contribution in [-0.2, 0) is 4.74 Å².